The summed E-state index contributed by atoms with van der Waals surface area (Å²) in [6, 6.07) is 14.0. The van der Waals surface area contributed by atoms with E-state index in [9.17, 15) is 5.11 Å². The first kappa shape index (κ1) is 39.9. The first-order chi connectivity index (χ1) is 24.8. The molecule has 0 bridgehead atoms. The number of likely N-dealkylation sites (N-methyl/N-ethyl adjacent to an activating group) is 1. The van der Waals surface area contributed by atoms with Gasteiger partial charge in [-0.3, -0.25) is 0 Å². The Labute approximate surface area is 310 Å². The molecule has 3 atom stereocenters. The van der Waals surface area contributed by atoms with Crippen molar-refractivity contribution in [2.24, 2.45) is 11.5 Å². The molecule has 0 radical (unpaired) electrons. The highest BCUT2D eigenvalue weighted by molar-refractivity contribution is 7.99. The Kier molecular flexibility index (Phi) is 15.8. The van der Waals surface area contributed by atoms with Crippen LogP contribution in [0.15, 0.2) is 101 Å². The molecule has 2 heterocycles. The third kappa shape index (κ3) is 10.6. The van der Waals surface area contributed by atoms with Gasteiger partial charge in [-0.2, -0.15) is 0 Å². The van der Waals surface area contributed by atoms with Crippen molar-refractivity contribution in [2.75, 3.05) is 20.1 Å². The molecule has 276 valence electrons. The molecular weight excluding hydrogens is 651 g/mol. The number of nitrogens with zero attached hydrogens (tertiary/aromatic N) is 1. The molecule has 8 nitrogen and oxygen atoms in total. The van der Waals surface area contributed by atoms with Crippen LogP contribution in [0.3, 0.4) is 0 Å². The van der Waals surface area contributed by atoms with E-state index < -0.39 is 0 Å². The van der Waals surface area contributed by atoms with E-state index >= 15 is 0 Å². The fourth-order valence-electron chi connectivity index (χ4n) is 6.79. The molecule has 2 aromatic carbocycles. The number of H-pyrrole nitrogens is 1. The number of aryl methyl sites for hydroxylation is 1. The van der Waals surface area contributed by atoms with Gasteiger partial charge in [-0.15, -0.1) is 0 Å². The van der Waals surface area contributed by atoms with Crippen molar-refractivity contribution in [1.29, 1.82) is 0 Å². The van der Waals surface area contributed by atoms with Crippen molar-refractivity contribution < 1.29 is 5.11 Å². The summed E-state index contributed by atoms with van der Waals surface area (Å²) < 4.78 is 0. The van der Waals surface area contributed by atoms with Crippen LogP contribution in [0.2, 0.25) is 0 Å². The summed E-state index contributed by atoms with van der Waals surface area (Å²) in [7, 11) is 2.12. The molecule has 2 aliphatic rings. The fraction of sp³-hybridized carbons (Fsp3) is 0.429. The molecule has 9 N–H and O–H groups in total. The van der Waals surface area contributed by atoms with Crippen LogP contribution in [-0.4, -0.2) is 53.3 Å². The summed E-state index contributed by atoms with van der Waals surface area (Å²) >= 11 is 1.60. The van der Waals surface area contributed by atoms with Crippen molar-refractivity contribution in [3.8, 4) is 5.75 Å². The van der Waals surface area contributed by atoms with E-state index in [4.69, 9.17) is 18.0 Å². The molecule has 3 aromatic rings. The monoisotopic (exact) mass is 711 g/mol. The van der Waals surface area contributed by atoms with Crippen molar-refractivity contribution in [3.63, 3.8) is 0 Å². The quantitative estimate of drug-likeness (QED) is 0.115. The number of phenolic OH excluding ortho intramolecular Hbond substituents is 1. The number of hydrogen-bond donors (Lipinski definition) is 7. The first-order valence-corrected chi connectivity index (χ1v) is 19.5. The van der Waals surface area contributed by atoms with E-state index in [1.54, 1.807) is 17.8 Å². The van der Waals surface area contributed by atoms with E-state index in [2.05, 4.69) is 88.7 Å². The minimum Gasteiger partial charge on any atom is -0.507 e. The highest BCUT2D eigenvalue weighted by atomic mass is 32.2. The molecule has 0 amide bonds. The van der Waals surface area contributed by atoms with Gasteiger partial charge in [-0.05, 0) is 92.4 Å². The number of benzene rings is 2. The highest BCUT2D eigenvalue weighted by Crippen LogP contribution is 2.39. The van der Waals surface area contributed by atoms with Gasteiger partial charge in [-0.1, -0.05) is 87.8 Å². The summed E-state index contributed by atoms with van der Waals surface area (Å²) in [6.45, 7) is 20.3. The molecule has 0 saturated carbocycles. The van der Waals surface area contributed by atoms with E-state index in [0.29, 0.717) is 26.2 Å². The predicted molar refractivity (Wildman–Crippen MR) is 216 cm³/mol. The minimum absolute atomic E-state index is 0.00121. The molecule has 0 fully saturated rings. The van der Waals surface area contributed by atoms with Gasteiger partial charge in [0.15, 0.2) is 0 Å². The van der Waals surface area contributed by atoms with Crippen molar-refractivity contribution >= 4 is 17.8 Å². The van der Waals surface area contributed by atoms with Crippen LogP contribution in [0.4, 0.5) is 0 Å². The number of unbranched alkanes of at least 4 members (excludes halogenated alkanes) is 1. The second-order valence-corrected chi connectivity index (χ2v) is 14.2. The maximum atomic E-state index is 11.1. The summed E-state index contributed by atoms with van der Waals surface area (Å²) in [6.07, 6.45) is 14.0. The fourth-order valence-corrected chi connectivity index (χ4v) is 7.87. The molecule has 1 aliphatic carbocycles. The number of fused-ring (bicyclic) bond motifs is 3. The zero-order valence-corrected chi connectivity index (χ0v) is 31.9. The maximum absolute atomic E-state index is 11.1. The lowest BCUT2D eigenvalue weighted by atomic mass is 9.95. The topological polar surface area (TPSA) is 127 Å². The minimum atomic E-state index is -0.0919. The third-order valence-corrected chi connectivity index (χ3v) is 11.1. The van der Waals surface area contributed by atoms with Crippen LogP contribution in [0.25, 0.3) is 6.08 Å². The number of aromatic nitrogens is 1. The average molecular weight is 712 g/mol. The largest absolute Gasteiger partial charge is 0.507 e. The van der Waals surface area contributed by atoms with E-state index in [1.165, 1.54) is 16.8 Å². The molecule has 5 rings (SSSR count). The number of rotatable bonds is 9. The SMILES string of the molecule is C=C1NC(CCCCN)C(=C)N(C)C(Cc2c[nH]c3c2C=CCC3)C(=C)NCc2cccc(O)c2Sc2ccccc2CNC1CCCN.CC. The lowest BCUT2D eigenvalue weighted by Gasteiger charge is -2.38. The number of allylic oxidation sites excluding steroid dienone is 1. The maximum Gasteiger partial charge on any atom is 0.129 e. The van der Waals surface area contributed by atoms with Crippen LogP contribution in [-0.2, 0) is 25.9 Å². The molecule has 3 unspecified atom stereocenters. The van der Waals surface area contributed by atoms with Crippen molar-refractivity contribution in [3.05, 3.63) is 120 Å². The Morgan fingerprint density at radius 3 is 2.43 bits per heavy atom. The van der Waals surface area contributed by atoms with Crippen LogP contribution < -0.4 is 27.4 Å². The number of hydrogen-bond acceptors (Lipinski definition) is 8. The van der Waals surface area contributed by atoms with Crippen LogP contribution in [0.1, 0.15) is 80.3 Å². The Hall–Kier alpha value is -3.89. The molecule has 1 aliphatic heterocycles. The summed E-state index contributed by atoms with van der Waals surface area (Å²) in [5, 5.41) is 22.4. The molecule has 0 saturated heterocycles. The van der Waals surface area contributed by atoms with Gasteiger partial charge in [-0.25, -0.2) is 0 Å². The van der Waals surface area contributed by atoms with Gasteiger partial charge < -0.3 is 42.4 Å². The van der Waals surface area contributed by atoms with Crippen LogP contribution >= 0.6 is 11.8 Å². The summed E-state index contributed by atoms with van der Waals surface area (Å²) in [5.74, 6) is 0.266. The Balaban J connectivity index is 0.00000286. The average Bonchev–Trinajstić information content (AvgIpc) is 3.56. The standard InChI is InChI=1S/C40H55N7OS.C2H6/c1-27-34(18-12-22-42)44-24-30-13-5-8-20-39(30)49-40-31(14-11-19-38(40)48)25-43-28(2)37(23-32-26-45-36-17-7-6-15-33(32)36)47(4)29(3)35(46-27)16-9-10-21-41;1-2/h5-6,8,11,13-15,19-20,26,34-35,37,43-46,48H,1-3,7,9-10,12,16-18,21-25,41-42H2,4H3;1-2H3. The zero-order chi connectivity index (χ0) is 36.8. The van der Waals surface area contributed by atoms with Crippen LogP contribution in [0.5, 0.6) is 5.75 Å². The van der Waals surface area contributed by atoms with E-state index in [-0.39, 0.29) is 23.9 Å². The highest BCUT2D eigenvalue weighted by Gasteiger charge is 2.28. The Morgan fingerprint density at radius 1 is 0.902 bits per heavy atom. The molecule has 9 heteroatoms. The lowest BCUT2D eigenvalue weighted by molar-refractivity contribution is 0.290. The van der Waals surface area contributed by atoms with Crippen LogP contribution in [0, 0.1) is 0 Å². The van der Waals surface area contributed by atoms with Gasteiger partial charge >= 0.3 is 0 Å². The first-order valence-electron chi connectivity index (χ1n) is 18.7. The van der Waals surface area contributed by atoms with Gasteiger partial charge in [0.1, 0.15) is 5.75 Å². The molecule has 0 spiro atoms. The zero-order valence-electron chi connectivity index (χ0n) is 31.1. The third-order valence-electron chi connectivity index (χ3n) is 9.80. The Morgan fingerprint density at radius 2 is 1.65 bits per heavy atom. The van der Waals surface area contributed by atoms with E-state index in [1.807, 2.05) is 26.0 Å². The number of nitrogens with two attached hydrogens (primary N) is 2. The van der Waals surface area contributed by atoms with Gasteiger partial charge in [0, 0.05) is 66.5 Å². The van der Waals surface area contributed by atoms with Gasteiger partial charge in [0.25, 0.3) is 0 Å². The smallest absolute Gasteiger partial charge is 0.129 e. The summed E-state index contributed by atoms with van der Waals surface area (Å²) in [4.78, 5) is 7.74. The molecule has 1 aromatic heterocycles. The van der Waals surface area contributed by atoms with E-state index in [0.717, 1.165) is 89.4 Å². The van der Waals surface area contributed by atoms with Gasteiger partial charge in [0.05, 0.1) is 17.0 Å². The predicted octanol–water partition coefficient (Wildman–Crippen LogP) is 7.33. The Bertz CT molecular complexity index is 1630. The molecule has 51 heavy (non-hydrogen) atoms. The van der Waals surface area contributed by atoms with Gasteiger partial charge in [0.2, 0.25) is 0 Å². The lowest BCUT2D eigenvalue weighted by Crippen LogP contribution is -2.46. The number of phenols is 1. The van der Waals surface area contributed by atoms with Crippen molar-refractivity contribution in [1.82, 2.24) is 25.8 Å². The number of aromatic hydroxyl groups is 1. The number of nitrogens with one attached hydrogen (secondary N) is 4. The number of aromatic amines is 1. The second-order valence-electron chi connectivity index (χ2n) is 13.2. The summed E-state index contributed by atoms with van der Waals surface area (Å²) in [5.41, 5.74) is 20.7. The molecular formula is C42H61N7OS. The van der Waals surface area contributed by atoms with Crippen molar-refractivity contribution in [2.45, 2.75) is 106 Å². The second kappa shape index (κ2) is 20.2. The normalized spacial score (nSPS) is 19.8.